The average molecular weight is 294 g/mol. The zero-order valence-electron chi connectivity index (χ0n) is 12.8. The molecule has 2 aliphatic rings. The smallest absolute Gasteiger partial charge is 0.124 e. The fraction of sp³-hybridized carbons (Fsp3) is 0.421. The molecule has 0 saturated heterocycles. The molecular formula is C19H22N2O. The van der Waals surface area contributed by atoms with Crippen molar-refractivity contribution in [2.45, 2.75) is 50.3 Å². The van der Waals surface area contributed by atoms with Crippen LogP contribution in [0.2, 0.25) is 0 Å². The highest BCUT2D eigenvalue weighted by atomic mass is 16.5. The molecule has 0 amide bonds. The number of nitrogens with one attached hydrogen (secondary N) is 1. The Morgan fingerprint density at radius 3 is 2.73 bits per heavy atom. The lowest BCUT2D eigenvalue weighted by atomic mass is 9.86. The predicted molar refractivity (Wildman–Crippen MR) is 86.7 cm³/mol. The molecule has 2 aromatic rings. The number of hydrogen-bond donors (Lipinski definition) is 1. The average Bonchev–Trinajstić information content (AvgIpc) is 3.01. The molecule has 1 aromatic carbocycles. The van der Waals surface area contributed by atoms with E-state index < -0.39 is 0 Å². The van der Waals surface area contributed by atoms with Crippen molar-refractivity contribution >= 4 is 0 Å². The van der Waals surface area contributed by atoms with Crippen LogP contribution in [0.4, 0.5) is 0 Å². The number of hydrogen-bond acceptors (Lipinski definition) is 3. The number of pyridine rings is 1. The lowest BCUT2D eigenvalue weighted by Crippen LogP contribution is -2.42. The van der Waals surface area contributed by atoms with E-state index in [9.17, 15) is 0 Å². The second-order valence-corrected chi connectivity index (χ2v) is 6.49. The van der Waals surface area contributed by atoms with Crippen molar-refractivity contribution in [2.24, 2.45) is 0 Å². The molecule has 0 radical (unpaired) electrons. The zero-order chi connectivity index (χ0) is 14.8. The van der Waals surface area contributed by atoms with Crippen molar-refractivity contribution in [3.63, 3.8) is 0 Å². The van der Waals surface area contributed by atoms with Gasteiger partial charge in [-0.3, -0.25) is 4.98 Å². The summed E-state index contributed by atoms with van der Waals surface area (Å²) in [6, 6.07) is 14.9. The second kappa shape index (κ2) is 5.73. The number of benzene rings is 1. The highest BCUT2D eigenvalue weighted by molar-refractivity contribution is 5.39. The third-order valence-corrected chi connectivity index (χ3v) is 4.97. The lowest BCUT2D eigenvalue weighted by Gasteiger charge is -2.40. The molecule has 1 saturated carbocycles. The molecule has 4 rings (SSSR count). The Hall–Kier alpha value is -1.87. The summed E-state index contributed by atoms with van der Waals surface area (Å²) >= 11 is 0. The molecule has 114 valence electrons. The van der Waals surface area contributed by atoms with Crippen LogP contribution in [0.5, 0.6) is 5.75 Å². The molecule has 1 unspecified atom stereocenters. The SMILES string of the molecule is c1ccc(CNC2CC3(CCCC3)Oc3ccccc32)nc1. The van der Waals surface area contributed by atoms with Crippen molar-refractivity contribution in [3.8, 4) is 5.75 Å². The molecule has 1 aliphatic heterocycles. The van der Waals surface area contributed by atoms with Gasteiger partial charge in [0.25, 0.3) is 0 Å². The van der Waals surface area contributed by atoms with E-state index in [1.807, 2.05) is 18.3 Å². The minimum absolute atomic E-state index is 0.0517. The number of ether oxygens (including phenoxy) is 1. The molecule has 0 bridgehead atoms. The third kappa shape index (κ3) is 2.61. The molecular weight excluding hydrogens is 272 g/mol. The Bertz CT molecular complexity index is 635. The van der Waals surface area contributed by atoms with Crippen LogP contribution in [-0.4, -0.2) is 10.6 Å². The number of fused-ring (bicyclic) bond motifs is 1. The van der Waals surface area contributed by atoms with Crippen molar-refractivity contribution in [3.05, 3.63) is 59.9 Å². The first-order chi connectivity index (χ1) is 10.8. The van der Waals surface area contributed by atoms with Crippen LogP contribution in [-0.2, 0) is 6.54 Å². The van der Waals surface area contributed by atoms with E-state index in [2.05, 4.69) is 40.6 Å². The van der Waals surface area contributed by atoms with Crippen molar-refractivity contribution in [1.29, 1.82) is 0 Å². The quantitative estimate of drug-likeness (QED) is 0.929. The topological polar surface area (TPSA) is 34.1 Å². The fourth-order valence-electron chi connectivity index (χ4n) is 3.86. The monoisotopic (exact) mass is 294 g/mol. The van der Waals surface area contributed by atoms with Crippen LogP contribution in [0.15, 0.2) is 48.7 Å². The van der Waals surface area contributed by atoms with E-state index >= 15 is 0 Å². The van der Waals surface area contributed by atoms with Gasteiger partial charge in [0.05, 0.1) is 5.69 Å². The van der Waals surface area contributed by atoms with Crippen molar-refractivity contribution < 1.29 is 4.74 Å². The minimum Gasteiger partial charge on any atom is -0.487 e. The van der Waals surface area contributed by atoms with Crippen LogP contribution < -0.4 is 10.1 Å². The van der Waals surface area contributed by atoms with Crippen LogP contribution in [0, 0.1) is 0 Å². The van der Waals surface area contributed by atoms with Crippen LogP contribution >= 0.6 is 0 Å². The van der Waals surface area contributed by atoms with Gasteiger partial charge in [0, 0.05) is 30.8 Å². The Labute approximate surface area is 131 Å². The Kier molecular flexibility index (Phi) is 3.59. The van der Waals surface area contributed by atoms with Crippen LogP contribution in [0.1, 0.15) is 49.4 Å². The van der Waals surface area contributed by atoms with Gasteiger partial charge in [-0.25, -0.2) is 0 Å². The Morgan fingerprint density at radius 2 is 1.91 bits per heavy atom. The van der Waals surface area contributed by atoms with E-state index in [-0.39, 0.29) is 5.60 Å². The number of nitrogens with zero attached hydrogens (tertiary/aromatic N) is 1. The molecule has 22 heavy (non-hydrogen) atoms. The fourth-order valence-corrected chi connectivity index (χ4v) is 3.86. The predicted octanol–water partition coefficient (Wildman–Crippen LogP) is 4.01. The van der Waals surface area contributed by atoms with Crippen LogP contribution in [0.25, 0.3) is 0 Å². The third-order valence-electron chi connectivity index (χ3n) is 4.97. The minimum atomic E-state index is 0.0517. The van der Waals surface area contributed by atoms with Gasteiger partial charge < -0.3 is 10.1 Å². The molecule has 3 heteroatoms. The summed E-state index contributed by atoms with van der Waals surface area (Å²) in [5.74, 6) is 1.06. The largest absolute Gasteiger partial charge is 0.487 e. The number of aromatic nitrogens is 1. The van der Waals surface area contributed by atoms with Gasteiger partial charge in [-0.2, -0.15) is 0 Å². The zero-order valence-corrected chi connectivity index (χ0v) is 12.8. The summed E-state index contributed by atoms with van der Waals surface area (Å²) < 4.78 is 6.41. The second-order valence-electron chi connectivity index (χ2n) is 6.49. The van der Waals surface area contributed by atoms with Gasteiger partial charge in [-0.15, -0.1) is 0 Å². The molecule has 1 aromatic heterocycles. The maximum absolute atomic E-state index is 6.41. The van der Waals surface area contributed by atoms with E-state index in [0.717, 1.165) is 24.4 Å². The Morgan fingerprint density at radius 1 is 1.09 bits per heavy atom. The van der Waals surface area contributed by atoms with Gasteiger partial charge in [0.15, 0.2) is 0 Å². The molecule has 1 atom stereocenters. The van der Waals surface area contributed by atoms with Gasteiger partial charge in [0.2, 0.25) is 0 Å². The van der Waals surface area contributed by atoms with Crippen molar-refractivity contribution in [1.82, 2.24) is 10.3 Å². The van der Waals surface area contributed by atoms with Gasteiger partial charge in [0.1, 0.15) is 11.4 Å². The van der Waals surface area contributed by atoms with E-state index in [1.165, 1.54) is 31.2 Å². The first-order valence-electron chi connectivity index (χ1n) is 8.26. The number of para-hydroxylation sites is 1. The molecule has 3 nitrogen and oxygen atoms in total. The highest BCUT2D eigenvalue weighted by Crippen LogP contribution is 2.46. The van der Waals surface area contributed by atoms with Gasteiger partial charge in [-0.1, -0.05) is 24.3 Å². The molecule has 1 aliphatic carbocycles. The lowest BCUT2D eigenvalue weighted by molar-refractivity contribution is 0.0364. The summed E-state index contributed by atoms with van der Waals surface area (Å²) in [6.45, 7) is 0.802. The van der Waals surface area contributed by atoms with Crippen molar-refractivity contribution in [2.75, 3.05) is 0 Å². The summed E-state index contributed by atoms with van der Waals surface area (Å²) in [4.78, 5) is 4.41. The normalized spacial score (nSPS) is 22.3. The van der Waals surface area contributed by atoms with Crippen LogP contribution in [0.3, 0.4) is 0 Å². The summed E-state index contributed by atoms with van der Waals surface area (Å²) in [5.41, 5.74) is 2.43. The molecule has 1 spiro atoms. The standard InChI is InChI=1S/C19H22N2O/c1-2-9-18-16(8-1)17(13-19(22-18)10-4-5-11-19)21-14-15-7-3-6-12-20-15/h1-3,6-9,12,17,21H,4-5,10-11,13-14H2. The molecule has 2 heterocycles. The Balaban J connectivity index is 1.57. The first-order valence-corrected chi connectivity index (χ1v) is 8.26. The maximum Gasteiger partial charge on any atom is 0.124 e. The summed E-state index contributed by atoms with van der Waals surface area (Å²) in [7, 11) is 0. The van der Waals surface area contributed by atoms with E-state index in [4.69, 9.17) is 4.74 Å². The molecule has 1 N–H and O–H groups in total. The summed E-state index contributed by atoms with van der Waals surface area (Å²) in [5, 5.41) is 3.70. The molecule has 1 fully saturated rings. The maximum atomic E-state index is 6.41. The number of rotatable bonds is 3. The van der Waals surface area contributed by atoms with Gasteiger partial charge in [-0.05, 0) is 43.9 Å². The highest BCUT2D eigenvalue weighted by Gasteiger charge is 2.42. The first kappa shape index (κ1) is 13.8. The van der Waals surface area contributed by atoms with E-state index in [1.54, 1.807) is 0 Å². The summed E-state index contributed by atoms with van der Waals surface area (Å²) in [6.07, 6.45) is 7.86. The van der Waals surface area contributed by atoms with E-state index in [0.29, 0.717) is 6.04 Å². The van der Waals surface area contributed by atoms with Gasteiger partial charge >= 0.3 is 0 Å².